The van der Waals surface area contributed by atoms with Crippen LogP contribution in [0.15, 0.2) is 64.3 Å². The number of aromatic nitrogens is 3. The van der Waals surface area contributed by atoms with Gasteiger partial charge in [-0.15, -0.1) is 11.8 Å². The van der Waals surface area contributed by atoms with Crippen molar-refractivity contribution in [2.24, 2.45) is 0 Å². The summed E-state index contributed by atoms with van der Waals surface area (Å²) in [5, 5.41) is 7.31. The van der Waals surface area contributed by atoms with E-state index >= 15 is 0 Å². The second-order valence-electron chi connectivity index (χ2n) is 5.86. The summed E-state index contributed by atoms with van der Waals surface area (Å²) in [6, 6.07) is 13.2. The lowest BCUT2D eigenvalue weighted by Crippen LogP contribution is -2.27. The number of carbonyl (C=O) groups excluding carboxylic acids is 1. The SMILES string of the molecule is Cc1noc(C(C)NC(=O)c2cccnc2SC/C=C/c2ccccc2)n1. The number of amides is 1. The minimum Gasteiger partial charge on any atom is -0.340 e. The van der Waals surface area contributed by atoms with Gasteiger partial charge in [0.2, 0.25) is 5.89 Å². The molecular formula is C20H20N4O2S. The molecule has 0 saturated heterocycles. The van der Waals surface area contributed by atoms with E-state index in [1.807, 2.05) is 30.3 Å². The highest BCUT2D eigenvalue weighted by atomic mass is 32.2. The Kier molecular flexibility index (Phi) is 6.38. The molecule has 0 aliphatic rings. The van der Waals surface area contributed by atoms with Crippen LogP contribution in [0.5, 0.6) is 0 Å². The normalized spacial score (nSPS) is 12.2. The zero-order chi connectivity index (χ0) is 19.1. The summed E-state index contributed by atoms with van der Waals surface area (Å²) in [5.74, 6) is 1.41. The third-order valence-electron chi connectivity index (χ3n) is 3.70. The van der Waals surface area contributed by atoms with E-state index in [0.29, 0.717) is 28.1 Å². The number of thioether (sulfide) groups is 1. The fraction of sp³-hybridized carbons (Fsp3) is 0.200. The van der Waals surface area contributed by atoms with Crippen LogP contribution in [0.3, 0.4) is 0 Å². The number of nitrogens with zero attached hydrogens (tertiary/aromatic N) is 3. The van der Waals surface area contributed by atoms with Crippen molar-refractivity contribution in [2.75, 3.05) is 5.75 Å². The van der Waals surface area contributed by atoms with Crippen molar-refractivity contribution < 1.29 is 9.32 Å². The highest BCUT2D eigenvalue weighted by Crippen LogP contribution is 2.21. The van der Waals surface area contributed by atoms with E-state index in [1.165, 1.54) is 11.8 Å². The molecule has 0 aliphatic heterocycles. The highest BCUT2D eigenvalue weighted by molar-refractivity contribution is 7.99. The Labute approximate surface area is 162 Å². The third kappa shape index (κ3) is 5.27. The first kappa shape index (κ1) is 18.8. The first-order valence-corrected chi connectivity index (χ1v) is 9.52. The molecule has 0 radical (unpaired) electrons. The number of hydrogen-bond acceptors (Lipinski definition) is 6. The van der Waals surface area contributed by atoms with Gasteiger partial charge in [0.15, 0.2) is 5.82 Å². The van der Waals surface area contributed by atoms with E-state index in [1.54, 1.807) is 32.2 Å². The van der Waals surface area contributed by atoms with Crippen LogP contribution in [0.25, 0.3) is 6.08 Å². The molecule has 0 spiro atoms. The lowest BCUT2D eigenvalue weighted by molar-refractivity contribution is 0.0929. The minimum absolute atomic E-state index is 0.221. The van der Waals surface area contributed by atoms with Gasteiger partial charge in [0.1, 0.15) is 11.1 Å². The lowest BCUT2D eigenvalue weighted by atomic mass is 10.2. The molecule has 3 aromatic rings. The highest BCUT2D eigenvalue weighted by Gasteiger charge is 2.19. The average Bonchev–Trinajstić information content (AvgIpc) is 3.13. The zero-order valence-corrected chi connectivity index (χ0v) is 15.9. The molecule has 2 heterocycles. The Hall–Kier alpha value is -2.93. The molecule has 1 N–H and O–H groups in total. The quantitative estimate of drug-likeness (QED) is 0.622. The van der Waals surface area contributed by atoms with Crippen LogP contribution in [-0.4, -0.2) is 26.8 Å². The Bertz CT molecular complexity index is 924. The van der Waals surface area contributed by atoms with Gasteiger partial charge in [-0.05, 0) is 31.5 Å². The van der Waals surface area contributed by atoms with E-state index in [-0.39, 0.29) is 11.9 Å². The number of carbonyl (C=O) groups is 1. The number of rotatable bonds is 7. The molecule has 0 fully saturated rings. The predicted molar refractivity (Wildman–Crippen MR) is 105 cm³/mol. The smallest absolute Gasteiger partial charge is 0.254 e. The molecule has 1 atom stereocenters. The molecule has 3 rings (SSSR count). The summed E-state index contributed by atoms with van der Waals surface area (Å²) in [6.45, 7) is 3.54. The summed E-state index contributed by atoms with van der Waals surface area (Å²) < 4.78 is 5.11. The summed E-state index contributed by atoms with van der Waals surface area (Å²) in [4.78, 5) is 21.1. The second kappa shape index (κ2) is 9.14. The first-order valence-electron chi connectivity index (χ1n) is 8.54. The summed E-state index contributed by atoms with van der Waals surface area (Å²) in [5.41, 5.74) is 1.67. The molecule has 1 unspecified atom stereocenters. The van der Waals surface area contributed by atoms with Crippen LogP contribution in [0.4, 0.5) is 0 Å². The Balaban J connectivity index is 1.62. The van der Waals surface area contributed by atoms with E-state index < -0.39 is 0 Å². The Morgan fingerprint density at radius 3 is 2.81 bits per heavy atom. The van der Waals surface area contributed by atoms with Crippen LogP contribution in [0, 0.1) is 6.92 Å². The van der Waals surface area contributed by atoms with Gasteiger partial charge in [-0.25, -0.2) is 4.98 Å². The maximum Gasteiger partial charge on any atom is 0.254 e. The van der Waals surface area contributed by atoms with E-state index in [0.717, 1.165) is 5.56 Å². The zero-order valence-electron chi connectivity index (χ0n) is 15.1. The molecule has 7 heteroatoms. The molecule has 0 aliphatic carbocycles. The van der Waals surface area contributed by atoms with Crippen molar-refractivity contribution in [1.82, 2.24) is 20.4 Å². The van der Waals surface area contributed by atoms with Crippen molar-refractivity contribution in [3.63, 3.8) is 0 Å². The van der Waals surface area contributed by atoms with Gasteiger partial charge in [0, 0.05) is 11.9 Å². The van der Waals surface area contributed by atoms with Crippen molar-refractivity contribution >= 4 is 23.7 Å². The van der Waals surface area contributed by atoms with Gasteiger partial charge in [0.05, 0.1) is 5.56 Å². The van der Waals surface area contributed by atoms with Crippen molar-refractivity contribution in [2.45, 2.75) is 24.9 Å². The molecule has 0 bridgehead atoms. The summed E-state index contributed by atoms with van der Waals surface area (Å²) >= 11 is 1.51. The molecule has 0 saturated carbocycles. The molecule has 6 nitrogen and oxygen atoms in total. The fourth-order valence-electron chi connectivity index (χ4n) is 2.38. The van der Waals surface area contributed by atoms with Crippen LogP contribution in [0.1, 0.15) is 40.6 Å². The lowest BCUT2D eigenvalue weighted by Gasteiger charge is -2.11. The van der Waals surface area contributed by atoms with Gasteiger partial charge in [-0.2, -0.15) is 4.98 Å². The maximum atomic E-state index is 12.6. The predicted octanol–water partition coefficient (Wildman–Crippen LogP) is 4.07. The van der Waals surface area contributed by atoms with Gasteiger partial charge in [-0.3, -0.25) is 4.79 Å². The maximum absolute atomic E-state index is 12.6. The van der Waals surface area contributed by atoms with E-state index in [4.69, 9.17) is 4.52 Å². The van der Waals surface area contributed by atoms with Crippen molar-refractivity contribution in [3.8, 4) is 0 Å². The van der Waals surface area contributed by atoms with Gasteiger partial charge < -0.3 is 9.84 Å². The van der Waals surface area contributed by atoms with Gasteiger partial charge >= 0.3 is 0 Å². The summed E-state index contributed by atoms with van der Waals surface area (Å²) in [7, 11) is 0. The third-order valence-corrected chi connectivity index (χ3v) is 4.66. The van der Waals surface area contributed by atoms with Crippen molar-refractivity contribution in [1.29, 1.82) is 0 Å². The van der Waals surface area contributed by atoms with E-state index in [2.05, 4.69) is 32.6 Å². The topological polar surface area (TPSA) is 80.9 Å². The van der Waals surface area contributed by atoms with Crippen LogP contribution in [-0.2, 0) is 0 Å². The van der Waals surface area contributed by atoms with Gasteiger partial charge in [0.25, 0.3) is 5.91 Å². The van der Waals surface area contributed by atoms with E-state index in [9.17, 15) is 4.79 Å². The molecular weight excluding hydrogens is 360 g/mol. The van der Waals surface area contributed by atoms with Crippen LogP contribution < -0.4 is 5.32 Å². The minimum atomic E-state index is -0.380. The number of pyridine rings is 1. The number of hydrogen-bond donors (Lipinski definition) is 1. The number of nitrogens with one attached hydrogen (secondary N) is 1. The number of benzene rings is 1. The second-order valence-corrected chi connectivity index (χ2v) is 6.86. The first-order chi connectivity index (χ1) is 13.1. The van der Waals surface area contributed by atoms with Crippen LogP contribution in [0.2, 0.25) is 0 Å². The van der Waals surface area contributed by atoms with Crippen LogP contribution >= 0.6 is 11.8 Å². The Morgan fingerprint density at radius 1 is 1.26 bits per heavy atom. The van der Waals surface area contributed by atoms with Gasteiger partial charge in [-0.1, -0.05) is 47.6 Å². The summed E-state index contributed by atoms with van der Waals surface area (Å²) in [6.07, 6.45) is 5.79. The largest absolute Gasteiger partial charge is 0.340 e. The standard InChI is InChI=1S/C20H20N4O2S/c1-14(19-23-15(2)24-26-19)22-18(25)17-11-6-12-21-20(17)27-13-7-10-16-8-4-3-5-9-16/h3-12,14H,13H2,1-2H3,(H,22,25)/b10-7+. The molecule has 138 valence electrons. The Morgan fingerprint density at radius 2 is 2.07 bits per heavy atom. The monoisotopic (exact) mass is 380 g/mol. The average molecular weight is 380 g/mol. The molecule has 2 aromatic heterocycles. The fourth-order valence-corrected chi connectivity index (χ4v) is 3.18. The molecule has 1 amide bonds. The van der Waals surface area contributed by atoms with Crippen molar-refractivity contribution in [3.05, 3.63) is 77.6 Å². The number of aryl methyl sites for hydroxylation is 1. The molecule has 1 aromatic carbocycles. The molecule has 27 heavy (non-hydrogen) atoms.